The summed E-state index contributed by atoms with van der Waals surface area (Å²) in [6, 6.07) is 7.56. The minimum Gasteiger partial charge on any atom is -0.339 e. The lowest BCUT2D eigenvalue weighted by Crippen LogP contribution is -1.96. The van der Waals surface area contributed by atoms with Crippen molar-refractivity contribution in [3.63, 3.8) is 0 Å². The lowest BCUT2D eigenvalue weighted by molar-refractivity contribution is -0.116. The van der Waals surface area contributed by atoms with Crippen molar-refractivity contribution >= 4 is 29.1 Å². The van der Waals surface area contributed by atoms with Crippen LogP contribution in [-0.2, 0) is 17.0 Å². The van der Waals surface area contributed by atoms with Crippen LogP contribution in [0.1, 0.15) is 18.6 Å². The summed E-state index contributed by atoms with van der Waals surface area (Å²) in [6.07, 6.45) is 0.189. The number of carbonyl (C=O) groups is 1. The molecular formula is C12H11ClN2O2S. The molecule has 0 amide bonds. The van der Waals surface area contributed by atoms with Crippen LogP contribution in [0.4, 0.5) is 0 Å². The Morgan fingerprint density at radius 3 is 3.06 bits per heavy atom. The van der Waals surface area contributed by atoms with Gasteiger partial charge >= 0.3 is 0 Å². The molecule has 6 heteroatoms. The second-order valence-electron chi connectivity index (χ2n) is 3.73. The summed E-state index contributed by atoms with van der Waals surface area (Å²) in [7, 11) is 0. The number of rotatable bonds is 5. The Morgan fingerprint density at radius 1 is 1.50 bits per heavy atom. The fourth-order valence-corrected chi connectivity index (χ4v) is 2.39. The highest BCUT2D eigenvalue weighted by Gasteiger charge is 2.08. The Balaban J connectivity index is 1.94. The van der Waals surface area contributed by atoms with E-state index in [4.69, 9.17) is 16.1 Å². The number of thioether (sulfide) groups is 1. The summed E-state index contributed by atoms with van der Waals surface area (Å²) in [5, 5.41) is 4.51. The molecule has 0 aliphatic carbocycles. The molecular weight excluding hydrogens is 272 g/mol. The SMILES string of the molecule is CC(=O)Cc1nc(CSc2cccc(Cl)c2)no1. The highest BCUT2D eigenvalue weighted by atomic mass is 35.5. The minimum absolute atomic E-state index is 0.00712. The van der Waals surface area contributed by atoms with Crippen LogP contribution in [0.25, 0.3) is 0 Å². The average molecular weight is 283 g/mol. The summed E-state index contributed by atoms with van der Waals surface area (Å²) in [5.74, 6) is 1.54. The molecule has 0 N–H and O–H groups in total. The van der Waals surface area contributed by atoms with Gasteiger partial charge in [0.05, 0.1) is 12.2 Å². The van der Waals surface area contributed by atoms with Gasteiger partial charge in [0.25, 0.3) is 0 Å². The van der Waals surface area contributed by atoms with Crippen LogP contribution in [0.15, 0.2) is 33.7 Å². The van der Waals surface area contributed by atoms with Gasteiger partial charge in [-0.15, -0.1) is 11.8 Å². The summed E-state index contributed by atoms with van der Waals surface area (Å²) in [5.41, 5.74) is 0. The second-order valence-corrected chi connectivity index (χ2v) is 5.21. The van der Waals surface area contributed by atoms with Gasteiger partial charge in [-0.25, -0.2) is 0 Å². The largest absolute Gasteiger partial charge is 0.339 e. The van der Waals surface area contributed by atoms with Crippen molar-refractivity contribution in [3.05, 3.63) is 41.0 Å². The van der Waals surface area contributed by atoms with E-state index in [9.17, 15) is 4.79 Å². The van der Waals surface area contributed by atoms with E-state index in [-0.39, 0.29) is 12.2 Å². The zero-order chi connectivity index (χ0) is 13.0. The number of hydrogen-bond acceptors (Lipinski definition) is 5. The van der Waals surface area contributed by atoms with Gasteiger partial charge in [0.2, 0.25) is 5.89 Å². The van der Waals surface area contributed by atoms with E-state index < -0.39 is 0 Å². The molecule has 0 fully saturated rings. The number of Topliss-reactive ketones (excluding diaryl/α,β-unsaturated/α-hetero) is 1. The van der Waals surface area contributed by atoms with E-state index in [0.717, 1.165) is 4.90 Å². The van der Waals surface area contributed by atoms with Crippen LogP contribution in [0.2, 0.25) is 5.02 Å². The lowest BCUT2D eigenvalue weighted by atomic mass is 10.3. The molecule has 0 aliphatic heterocycles. The molecule has 0 saturated carbocycles. The zero-order valence-corrected chi connectivity index (χ0v) is 11.3. The number of nitrogens with zero attached hydrogens (tertiary/aromatic N) is 2. The number of carbonyl (C=O) groups excluding carboxylic acids is 1. The second kappa shape index (κ2) is 6.02. The van der Waals surface area contributed by atoms with Crippen molar-refractivity contribution in [1.82, 2.24) is 10.1 Å². The Morgan fingerprint density at radius 2 is 2.33 bits per heavy atom. The van der Waals surface area contributed by atoms with Gasteiger partial charge in [-0.1, -0.05) is 22.8 Å². The molecule has 0 atom stereocenters. The monoisotopic (exact) mass is 282 g/mol. The van der Waals surface area contributed by atoms with E-state index in [0.29, 0.717) is 22.5 Å². The van der Waals surface area contributed by atoms with Gasteiger partial charge in [-0.2, -0.15) is 4.98 Å². The molecule has 2 aromatic rings. The number of benzene rings is 1. The molecule has 0 radical (unpaired) electrons. The van der Waals surface area contributed by atoms with Crippen molar-refractivity contribution < 1.29 is 9.32 Å². The maximum Gasteiger partial charge on any atom is 0.234 e. The number of ketones is 1. The van der Waals surface area contributed by atoms with Gasteiger partial charge in [0.15, 0.2) is 5.82 Å². The van der Waals surface area contributed by atoms with Gasteiger partial charge in [-0.3, -0.25) is 4.79 Å². The standard InChI is InChI=1S/C12H11ClN2O2S/c1-8(16)5-12-14-11(15-17-12)7-18-10-4-2-3-9(13)6-10/h2-4,6H,5,7H2,1H3. The lowest BCUT2D eigenvalue weighted by Gasteiger charge is -1.98. The van der Waals surface area contributed by atoms with Crippen LogP contribution < -0.4 is 0 Å². The van der Waals surface area contributed by atoms with Crippen molar-refractivity contribution in [1.29, 1.82) is 0 Å². The maximum atomic E-state index is 10.9. The molecule has 1 aromatic carbocycles. The fourth-order valence-electron chi connectivity index (χ4n) is 1.34. The smallest absolute Gasteiger partial charge is 0.234 e. The number of halogens is 1. The highest BCUT2D eigenvalue weighted by Crippen LogP contribution is 2.24. The predicted octanol–water partition coefficient (Wildman–Crippen LogP) is 3.15. The van der Waals surface area contributed by atoms with Crippen LogP contribution in [0.5, 0.6) is 0 Å². The Kier molecular flexibility index (Phi) is 4.38. The molecule has 0 aliphatic rings. The summed E-state index contributed by atoms with van der Waals surface area (Å²) in [4.78, 5) is 16.1. The zero-order valence-electron chi connectivity index (χ0n) is 9.72. The van der Waals surface area contributed by atoms with E-state index >= 15 is 0 Å². The Bertz CT molecular complexity index is 557. The first-order chi connectivity index (χ1) is 8.63. The fraction of sp³-hybridized carbons (Fsp3) is 0.250. The highest BCUT2D eigenvalue weighted by molar-refractivity contribution is 7.98. The average Bonchev–Trinajstić information content (AvgIpc) is 2.73. The third-order valence-corrected chi connectivity index (χ3v) is 3.30. The molecule has 2 rings (SSSR count). The molecule has 0 saturated heterocycles. The molecule has 1 aromatic heterocycles. The van der Waals surface area contributed by atoms with Gasteiger partial charge in [0, 0.05) is 9.92 Å². The quantitative estimate of drug-likeness (QED) is 0.789. The Hall–Kier alpha value is -1.33. The van der Waals surface area contributed by atoms with Crippen LogP contribution in [0.3, 0.4) is 0 Å². The summed E-state index contributed by atoms with van der Waals surface area (Å²) < 4.78 is 4.97. The predicted molar refractivity (Wildman–Crippen MR) is 69.7 cm³/mol. The van der Waals surface area contributed by atoms with Crippen LogP contribution in [0, 0.1) is 0 Å². The third kappa shape index (κ3) is 3.85. The van der Waals surface area contributed by atoms with Gasteiger partial charge in [0.1, 0.15) is 5.78 Å². The van der Waals surface area contributed by atoms with E-state index in [1.807, 2.05) is 24.3 Å². The maximum absolute atomic E-state index is 10.9. The van der Waals surface area contributed by atoms with Crippen LogP contribution >= 0.6 is 23.4 Å². The van der Waals surface area contributed by atoms with Gasteiger partial charge < -0.3 is 4.52 Å². The van der Waals surface area contributed by atoms with E-state index in [2.05, 4.69) is 10.1 Å². The molecule has 18 heavy (non-hydrogen) atoms. The van der Waals surface area contributed by atoms with Crippen molar-refractivity contribution in [2.24, 2.45) is 0 Å². The Labute approximate surface area is 114 Å². The molecule has 0 spiro atoms. The molecule has 0 unspecified atom stereocenters. The summed E-state index contributed by atoms with van der Waals surface area (Å²) in [6.45, 7) is 1.49. The molecule has 1 heterocycles. The van der Waals surface area contributed by atoms with Crippen molar-refractivity contribution in [2.45, 2.75) is 24.0 Å². The van der Waals surface area contributed by atoms with E-state index in [1.54, 1.807) is 11.8 Å². The molecule has 0 bridgehead atoms. The summed E-state index contributed by atoms with van der Waals surface area (Å²) >= 11 is 7.45. The normalized spacial score (nSPS) is 10.6. The topological polar surface area (TPSA) is 56.0 Å². The van der Waals surface area contributed by atoms with E-state index in [1.165, 1.54) is 6.92 Å². The van der Waals surface area contributed by atoms with Crippen LogP contribution in [-0.4, -0.2) is 15.9 Å². The van der Waals surface area contributed by atoms with Crippen molar-refractivity contribution in [3.8, 4) is 0 Å². The minimum atomic E-state index is 0.00712. The first-order valence-electron chi connectivity index (χ1n) is 5.33. The molecule has 4 nitrogen and oxygen atoms in total. The van der Waals surface area contributed by atoms with Gasteiger partial charge in [-0.05, 0) is 25.1 Å². The number of hydrogen-bond donors (Lipinski definition) is 0. The first-order valence-corrected chi connectivity index (χ1v) is 6.69. The van der Waals surface area contributed by atoms with Crippen molar-refractivity contribution in [2.75, 3.05) is 0 Å². The molecule has 94 valence electrons. The number of aromatic nitrogens is 2. The third-order valence-electron chi connectivity index (χ3n) is 2.07. The first kappa shape index (κ1) is 13.1.